The molecule has 0 aromatic heterocycles. The lowest BCUT2D eigenvalue weighted by molar-refractivity contribution is 0.0311. The maximum atomic E-state index is 10.6. The van der Waals surface area contributed by atoms with Crippen molar-refractivity contribution in [3.05, 3.63) is 0 Å². The lowest BCUT2D eigenvalue weighted by Crippen LogP contribution is -2.26. The monoisotopic (exact) mass is 354 g/mol. The Morgan fingerprint density at radius 3 is 1.60 bits per heavy atom. The van der Waals surface area contributed by atoms with Crippen LogP contribution in [-0.4, -0.2) is 10.7 Å². The third kappa shape index (κ3) is 11.3. The van der Waals surface area contributed by atoms with Crippen LogP contribution in [0.3, 0.4) is 0 Å². The van der Waals surface area contributed by atoms with Gasteiger partial charge in [0.15, 0.2) is 0 Å². The average molecular weight is 355 g/mol. The van der Waals surface area contributed by atoms with Crippen LogP contribution in [-0.2, 0) is 0 Å². The van der Waals surface area contributed by atoms with Crippen molar-refractivity contribution in [3.8, 4) is 0 Å². The lowest BCUT2D eigenvalue weighted by atomic mass is 9.72. The molecular formula is C24H50O. The molecule has 0 aliphatic carbocycles. The SMILES string of the molecule is CC(C)CCC(C)(O)CCCC(C)C(C)(C)CCCC(C)C(C)(C)C. The second-order valence-corrected chi connectivity index (χ2v) is 11.4. The summed E-state index contributed by atoms with van der Waals surface area (Å²) < 4.78 is 0. The maximum Gasteiger partial charge on any atom is 0.0619 e. The van der Waals surface area contributed by atoms with Gasteiger partial charge in [-0.25, -0.2) is 0 Å². The molecule has 0 aliphatic heterocycles. The molecule has 1 N–H and O–H groups in total. The summed E-state index contributed by atoms with van der Waals surface area (Å²) in [7, 11) is 0. The molecule has 152 valence electrons. The van der Waals surface area contributed by atoms with Gasteiger partial charge in [0.25, 0.3) is 0 Å². The molecule has 0 aliphatic rings. The van der Waals surface area contributed by atoms with E-state index in [4.69, 9.17) is 0 Å². The topological polar surface area (TPSA) is 20.2 Å². The van der Waals surface area contributed by atoms with E-state index >= 15 is 0 Å². The Labute approximate surface area is 160 Å². The fourth-order valence-electron chi connectivity index (χ4n) is 3.45. The van der Waals surface area contributed by atoms with Crippen molar-refractivity contribution in [2.75, 3.05) is 0 Å². The molecule has 0 aromatic rings. The van der Waals surface area contributed by atoms with Crippen molar-refractivity contribution >= 4 is 0 Å². The molecule has 0 aromatic carbocycles. The Bertz CT molecular complexity index is 346. The molecule has 3 atom stereocenters. The largest absolute Gasteiger partial charge is 0.390 e. The van der Waals surface area contributed by atoms with E-state index in [1.165, 1.54) is 25.7 Å². The van der Waals surface area contributed by atoms with Crippen LogP contribution in [0.15, 0.2) is 0 Å². The highest BCUT2D eigenvalue weighted by atomic mass is 16.3. The van der Waals surface area contributed by atoms with Crippen molar-refractivity contribution in [3.63, 3.8) is 0 Å². The van der Waals surface area contributed by atoms with Crippen LogP contribution >= 0.6 is 0 Å². The average Bonchev–Trinajstić information content (AvgIpc) is 2.43. The van der Waals surface area contributed by atoms with E-state index in [0.717, 1.165) is 37.5 Å². The van der Waals surface area contributed by atoms with Crippen LogP contribution < -0.4 is 0 Å². The lowest BCUT2D eigenvalue weighted by Gasteiger charge is -2.34. The van der Waals surface area contributed by atoms with Crippen molar-refractivity contribution < 1.29 is 5.11 Å². The zero-order valence-electron chi connectivity index (χ0n) is 19.3. The van der Waals surface area contributed by atoms with Crippen LogP contribution in [0, 0.1) is 28.6 Å². The van der Waals surface area contributed by atoms with Crippen LogP contribution in [0.1, 0.15) is 121 Å². The molecule has 0 heterocycles. The van der Waals surface area contributed by atoms with Gasteiger partial charge >= 0.3 is 0 Å². The van der Waals surface area contributed by atoms with E-state index in [2.05, 4.69) is 62.3 Å². The Morgan fingerprint density at radius 2 is 1.12 bits per heavy atom. The van der Waals surface area contributed by atoms with E-state index in [1.54, 1.807) is 0 Å². The van der Waals surface area contributed by atoms with E-state index in [-0.39, 0.29) is 0 Å². The summed E-state index contributed by atoms with van der Waals surface area (Å²) in [5.41, 5.74) is 0.356. The number of hydrogen-bond donors (Lipinski definition) is 1. The first-order valence-corrected chi connectivity index (χ1v) is 10.9. The minimum absolute atomic E-state index is 0.404. The summed E-state index contributed by atoms with van der Waals surface area (Å²) in [6.45, 7) is 23.3. The molecular weight excluding hydrogens is 304 g/mol. The van der Waals surface area contributed by atoms with Crippen LogP contribution in [0.2, 0.25) is 0 Å². The summed E-state index contributed by atoms with van der Waals surface area (Å²) in [6.07, 6.45) is 9.38. The highest BCUT2D eigenvalue weighted by Crippen LogP contribution is 2.38. The summed E-state index contributed by atoms with van der Waals surface area (Å²) in [5.74, 6) is 2.19. The molecule has 3 unspecified atom stereocenters. The number of hydrogen-bond acceptors (Lipinski definition) is 1. The predicted octanol–water partition coefficient (Wildman–Crippen LogP) is 7.86. The molecule has 0 saturated carbocycles. The van der Waals surface area contributed by atoms with Gasteiger partial charge in [0.2, 0.25) is 0 Å². The molecule has 0 rings (SSSR count). The molecule has 0 radical (unpaired) electrons. The van der Waals surface area contributed by atoms with Gasteiger partial charge in [-0.3, -0.25) is 0 Å². The predicted molar refractivity (Wildman–Crippen MR) is 114 cm³/mol. The normalized spacial score (nSPS) is 18.2. The number of aliphatic hydroxyl groups is 1. The van der Waals surface area contributed by atoms with Gasteiger partial charge < -0.3 is 5.11 Å². The minimum atomic E-state index is -0.476. The molecule has 0 fully saturated rings. The molecule has 0 amide bonds. The van der Waals surface area contributed by atoms with E-state index in [0.29, 0.717) is 16.7 Å². The molecule has 1 heteroatoms. The summed E-state index contributed by atoms with van der Waals surface area (Å²) >= 11 is 0. The smallest absolute Gasteiger partial charge is 0.0619 e. The zero-order chi connectivity index (χ0) is 19.9. The van der Waals surface area contributed by atoms with Crippen molar-refractivity contribution in [2.24, 2.45) is 28.6 Å². The molecule has 1 nitrogen and oxygen atoms in total. The Hall–Kier alpha value is -0.0400. The number of rotatable bonds is 12. The van der Waals surface area contributed by atoms with Gasteiger partial charge in [0.05, 0.1) is 5.60 Å². The van der Waals surface area contributed by atoms with E-state index in [1.807, 2.05) is 6.92 Å². The molecule has 25 heavy (non-hydrogen) atoms. The van der Waals surface area contributed by atoms with Gasteiger partial charge in [-0.05, 0) is 61.2 Å². The zero-order valence-corrected chi connectivity index (χ0v) is 19.3. The van der Waals surface area contributed by atoms with Gasteiger partial charge in [-0.2, -0.15) is 0 Å². The van der Waals surface area contributed by atoms with Gasteiger partial charge in [0, 0.05) is 0 Å². The second-order valence-electron chi connectivity index (χ2n) is 11.4. The van der Waals surface area contributed by atoms with E-state index in [9.17, 15) is 5.11 Å². The quantitative estimate of drug-likeness (QED) is 0.378. The summed E-state index contributed by atoms with van der Waals surface area (Å²) in [6, 6.07) is 0. The van der Waals surface area contributed by atoms with Crippen LogP contribution in [0.25, 0.3) is 0 Å². The van der Waals surface area contributed by atoms with Crippen LogP contribution in [0.4, 0.5) is 0 Å². The summed E-state index contributed by atoms with van der Waals surface area (Å²) in [5, 5.41) is 10.6. The maximum absolute atomic E-state index is 10.6. The first-order valence-electron chi connectivity index (χ1n) is 10.9. The molecule has 0 saturated heterocycles. The molecule has 0 bridgehead atoms. The fraction of sp³-hybridized carbons (Fsp3) is 1.00. The van der Waals surface area contributed by atoms with Crippen molar-refractivity contribution in [1.82, 2.24) is 0 Å². The standard InChI is InChI=1S/C24H50O/c1-19(2)15-18-24(10,25)17-12-14-21(4)23(8,9)16-11-13-20(3)22(5,6)7/h19-21,25H,11-18H2,1-10H3. The van der Waals surface area contributed by atoms with Crippen LogP contribution in [0.5, 0.6) is 0 Å². The highest BCUT2D eigenvalue weighted by molar-refractivity contribution is 4.79. The first kappa shape index (κ1) is 25.0. The molecule has 0 spiro atoms. The first-order chi connectivity index (χ1) is 11.2. The minimum Gasteiger partial charge on any atom is -0.390 e. The summed E-state index contributed by atoms with van der Waals surface area (Å²) in [4.78, 5) is 0. The van der Waals surface area contributed by atoms with Gasteiger partial charge in [0.1, 0.15) is 0 Å². The highest BCUT2D eigenvalue weighted by Gasteiger charge is 2.28. The van der Waals surface area contributed by atoms with Crippen molar-refractivity contribution in [2.45, 2.75) is 126 Å². The van der Waals surface area contributed by atoms with Gasteiger partial charge in [-0.1, -0.05) is 88.0 Å². The third-order valence-electron chi connectivity index (χ3n) is 6.88. The van der Waals surface area contributed by atoms with Gasteiger partial charge in [-0.15, -0.1) is 0 Å². The fourth-order valence-corrected chi connectivity index (χ4v) is 3.45. The Balaban J connectivity index is 4.20. The second kappa shape index (κ2) is 10.3. The Morgan fingerprint density at radius 1 is 0.640 bits per heavy atom. The third-order valence-corrected chi connectivity index (χ3v) is 6.88. The van der Waals surface area contributed by atoms with E-state index < -0.39 is 5.60 Å². The van der Waals surface area contributed by atoms with Crippen molar-refractivity contribution in [1.29, 1.82) is 0 Å². The Kier molecular flexibility index (Phi) is 10.3.